The van der Waals surface area contributed by atoms with Crippen molar-refractivity contribution in [2.24, 2.45) is 0 Å². The number of benzene rings is 2. The average molecular weight is 542 g/mol. The summed E-state index contributed by atoms with van der Waals surface area (Å²) in [6, 6.07) is 15.1. The van der Waals surface area contributed by atoms with Crippen molar-refractivity contribution in [2.45, 2.75) is 52.2 Å². The van der Waals surface area contributed by atoms with E-state index in [2.05, 4.69) is 15.2 Å². The van der Waals surface area contributed by atoms with Gasteiger partial charge in [0.25, 0.3) is 5.91 Å². The van der Waals surface area contributed by atoms with E-state index in [1.165, 1.54) is 11.3 Å². The lowest BCUT2D eigenvalue weighted by Gasteiger charge is -2.35. The number of amides is 1. The number of piperidine rings is 1. The first kappa shape index (κ1) is 26.9. The van der Waals surface area contributed by atoms with E-state index in [1.54, 1.807) is 20.8 Å². The number of aromatic nitrogens is 1. The largest absolute Gasteiger partial charge is 0.476 e. The summed E-state index contributed by atoms with van der Waals surface area (Å²) < 4.78 is 11.1. The number of halogens is 1. The van der Waals surface area contributed by atoms with Gasteiger partial charge in [0.15, 0.2) is 5.60 Å². The predicted octanol–water partition coefficient (Wildman–Crippen LogP) is 5.89. The molecular formula is C28H32ClN3O4S. The van der Waals surface area contributed by atoms with Crippen LogP contribution in [0.5, 0.6) is 5.75 Å². The Morgan fingerprint density at radius 2 is 1.97 bits per heavy atom. The maximum atomic E-state index is 13.2. The molecule has 1 aromatic heterocycles. The maximum absolute atomic E-state index is 13.2. The molecule has 1 saturated heterocycles. The van der Waals surface area contributed by atoms with E-state index in [1.807, 2.05) is 55.5 Å². The third kappa shape index (κ3) is 6.62. The van der Waals surface area contributed by atoms with Crippen LogP contribution < -0.4 is 15.0 Å². The lowest BCUT2D eigenvalue weighted by Crippen LogP contribution is -2.47. The molecule has 0 radical (unpaired) electrons. The van der Waals surface area contributed by atoms with Crippen LogP contribution in [0, 0.1) is 6.92 Å². The Bertz CT molecular complexity index is 1260. The maximum Gasteiger partial charge on any atom is 0.349 e. The van der Waals surface area contributed by atoms with E-state index >= 15 is 0 Å². The van der Waals surface area contributed by atoms with Crippen LogP contribution in [0.15, 0.2) is 48.5 Å². The van der Waals surface area contributed by atoms with Crippen molar-refractivity contribution in [3.05, 3.63) is 64.1 Å². The number of carbonyl (C=O) groups excluding carboxylic acids is 2. The first-order valence-electron chi connectivity index (χ1n) is 12.4. The van der Waals surface area contributed by atoms with Gasteiger partial charge in [-0.3, -0.25) is 4.79 Å². The molecule has 1 aliphatic rings. The van der Waals surface area contributed by atoms with Gasteiger partial charge in [-0.2, -0.15) is 0 Å². The van der Waals surface area contributed by atoms with E-state index in [0.717, 1.165) is 35.6 Å². The Kier molecular flexibility index (Phi) is 8.39. The smallest absolute Gasteiger partial charge is 0.349 e. The quantitative estimate of drug-likeness (QED) is 0.358. The first-order chi connectivity index (χ1) is 17.7. The molecule has 1 atom stereocenters. The predicted molar refractivity (Wildman–Crippen MR) is 148 cm³/mol. The number of aryl methyl sites for hydroxylation is 1. The van der Waals surface area contributed by atoms with E-state index in [9.17, 15) is 9.59 Å². The molecule has 2 heterocycles. The number of nitrogens with one attached hydrogen (secondary N) is 1. The topological polar surface area (TPSA) is 80.8 Å². The molecule has 2 aromatic carbocycles. The highest BCUT2D eigenvalue weighted by Crippen LogP contribution is 2.30. The second kappa shape index (κ2) is 11.5. The molecule has 1 amide bonds. The first-order valence-corrected chi connectivity index (χ1v) is 13.6. The van der Waals surface area contributed by atoms with Gasteiger partial charge in [0.1, 0.15) is 15.6 Å². The number of esters is 1. The minimum absolute atomic E-state index is 0.00211. The molecule has 7 nitrogen and oxygen atoms in total. The van der Waals surface area contributed by atoms with Crippen molar-refractivity contribution < 1.29 is 19.1 Å². The Labute approximate surface area is 226 Å². The summed E-state index contributed by atoms with van der Waals surface area (Å²) in [6.45, 7) is 8.88. The fourth-order valence-corrected chi connectivity index (χ4v) is 5.39. The highest BCUT2D eigenvalue weighted by atomic mass is 35.5. The zero-order valence-electron chi connectivity index (χ0n) is 21.5. The summed E-state index contributed by atoms with van der Waals surface area (Å²) in [5.74, 6) is 0.0887. The number of hydrogen-bond acceptors (Lipinski definition) is 7. The van der Waals surface area contributed by atoms with Gasteiger partial charge in [-0.15, -0.1) is 11.3 Å². The summed E-state index contributed by atoms with van der Waals surface area (Å²) in [5, 5.41) is 4.67. The van der Waals surface area contributed by atoms with E-state index in [4.69, 9.17) is 21.1 Å². The van der Waals surface area contributed by atoms with Crippen molar-refractivity contribution in [1.29, 1.82) is 0 Å². The minimum atomic E-state index is -1.09. The van der Waals surface area contributed by atoms with Gasteiger partial charge in [0.2, 0.25) is 0 Å². The van der Waals surface area contributed by atoms with Gasteiger partial charge in [-0.1, -0.05) is 29.8 Å². The van der Waals surface area contributed by atoms with Crippen LogP contribution in [0.3, 0.4) is 0 Å². The molecule has 1 fully saturated rings. The number of rotatable bonds is 8. The molecule has 37 heavy (non-hydrogen) atoms. The zero-order chi connectivity index (χ0) is 26.6. The summed E-state index contributed by atoms with van der Waals surface area (Å²) in [5.41, 5.74) is 1.54. The summed E-state index contributed by atoms with van der Waals surface area (Å²) in [6.07, 6.45) is 1.85. The van der Waals surface area contributed by atoms with Crippen molar-refractivity contribution in [3.63, 3.8) is 0 Å². The number of anilines is 1. The third-order valence-corrected chi connectivity index (χ3v) is 7.63. The molecule has 0 saturated carbocycles. The molecule has 9 heteroatoms. The van der Waals surface area contributed by atoms with E-state index < -0.39 is 11.6 Å². The molecule has 0 bridgehead atoms. The van der Waals surface area contributed by atoms with E-state index in [0.29, 0.717) is 34.5 Å². The molecule has 196 valence electrons. The molecule has 0 spiro atoms. The molecule has 3 aromatic rings. The minimum Gasteiger partial charge on any atom is -0.476 e. The SMILES string of the molecule is CCOC(=O)C(C)(C)Oc1cccc(N2CCCC(NC(=O)c3sc(-c4ccc(Cl)cc4)nc3C)C2)c1. The monoisotopic (exact) mass is 541 g/mol. The van der Waals surface area contributed by atoms with Crippen molar-refractivity contribution in [2.75, 3.05) is 24.6 Å². The lowest BCUT2D eigenvalue weighted by atomic mass is 10.0. The highest BCUT2D eigenvalue weighted by Gasteiger charge is 2.32. The Balaban J connectivity index is 1.41. The fraction of sp³-hybridized carbons (Fsp3) is 0.393. The standard InChI is InChI=1S/C28H32ClN3O4S/c1-5-35-27(34)28(3,4)36-23-10-6-9-22(16-23)32-15-7-8-21(17-32)31-25(33)24-18(2)30-26(37-24)19-11-13-20(29)14-12-19/h6,9-14,16,21H,5,7-8,15,17H2,1-4H3,(H,31,33). The van der Waals surface area contributed by atoms with Gasteiger partial charge in [-0.25, -0.2) is 9.78 Å². The van der Waals surface area contributed by atoms with Gasteiger partial charge in [0, 0.05) is 41.5 Å². The Hall–Kier alpha value is -3.10. The number of nitrogens with zero attached hydrogens (tertiary/aromatic N) is 2. The molecule has 4 rings (SSSR count). The third-order valence-electron chi connectivity index (χ3n) is 6.17. The van der Waals surface area contributed by atoms with Crippen molar-refractivity contribution in [3.8, 4) is 16.3 Å². The number of hydrogen-bond donors (Lipinski definition) is 1. The van der Waals surface area contributed by atoms with Crippen molar-refractivity contribution in [1.82, 2.24) is 10.3 Å². The van der Waals surface area contributed by atoms with Crippen LogP contribution in [0.25, 0.3) is 10.6 Å². The van der Waals surface area contributed by atoms with Crippen molar-refractivity contribution >= 4 is 40.5 Å². The second-order valence-corrected chi connectivity index (χ2v) is 11.0. The van der Waals surface area contributed by atoms with Crippen LogP contribution in [0.4, 0.5) is 5.69 Å². The summed E-state index contributed by atoms with van der Waals surface area (Å²) in [4.78, 5) is 32.9. The summed E-state index contributed by atoms with van der Waals surface area (Å²) >= 11 is 7.39. The van der Waals surface area contributed by atoms with Crippen LogP contribution in [-0.2, 0) is 9.53 Å². The van der Waals surface area contributed by atoms with E-state index in [-0.39, 0.29) is 11.9 Å². The number of ether oxygens (including phenoxy) is 2. The molecule has 1 N–H and O–H groups in total. The van der Waals surface area contributed by atoms with Crippen LogP contribution in [0.1, 0.15) is 49.0 Å². The van der Waals surface area contributed by atoms with Crippen LogP contribution in [0.2, 0.25) is 5.02 Å². The van der Waals surface area contributed by atoms with Crippen LogP contribution >= 0.6 is 22.9 Å². The van der Waals surface area contributed by atoms with Gasteiger partial charge in [0.05, 0.1) is 12.3 Å². The van der Waals surface area contributed by atoms with Gasteiger partial charge < -0.3 is 19.7 Å². The fourth-order valence-electron chi connectivity index (χ4n) is 4.29. The second-order valence-electron chi connectivity index (χ2n) is 9.53. The van der Waals surface area contributed by atoms with Crippen LogP contribution in [-0.4, -0.2) is 48.2 Å². The molecule has 1 aliphatic heterocycles. The number of thiazole rings is 1. The molecule has 1 unspecified atom stereocenters. The molecule has 0 aliphatic carbocycles. The number of carbonyl (C=O) groups is 2. The average Bonchev–Trinajstić information content (AvgIpc) is 3.26. The zero-order valence-corrected chi connectivity index (χ0v) is 23.1. The van der Waals surface area contributed by atoms with Gasteiger partial charge in [-0.05, 0) is 64.8 Å². The Morgan fingerprint density at radius 3 is 2.70 bits per heavy atom. The lowest BCUT2D eigenvalue weighted by molar-refractivity contribution is -0.158. The Morgan fingerprint density at radius 1 is 1.22 bits per heavy atom. The van der Waals surface area contributed by atoms with Gasteiger partial charge >= 0.3 is 5.97 Å². The highest BCUT2D eigenvalue weighted by molar-refractivity contribution is 7.17. The molecular weight excluding hydrogens is 510 g/mol. The summed E-state index contributed by atoms with van der Waals surface area (Å²) in [7, 11) is 0. The normalized spacial score (nSPS) is 15.8.